The second-order valence-electron chi connectivity index (χ2n) is 2.78. The standard InChI is InChI=1S/C9H6O4/c1-4(10)5-2-3-6-8(11)7(5)9(12)13-6/h2-3,11H,1H3. The summed E-state index contributed by atoms with van der Waals surface area (Å²) in [6, 6.07) is 2.87. The summed E-state index contributed by atoms with van der Waals surface area (Å²) in [5.74, 6) is -1.05. The Morgan fingerprint density at radius 2 is 2.15 bits per heavy atom. The van der Waals surface area contributed by atoms with Gasteiger partial charge in [0.15, 0.2) is 17.3 Å². The minimum Gasteiger partial charge on any atom is -0.504 e. The molecule has 4 nitrogen and oxygen atoms in total. The minimum atomic E-state index is -0.664. The lowest BCUT2D eigenvalue weighted by Gasteiger charge is -1.97. The van der Waals surface area contributed by atoms with Crippen molar-refractivity contribution in [3.05, 3.63) is 23.3 Å². The van der Waals surface area contributed by atoms with E-state index in [0.717, 1.165) is 0 Å². The van der Waals surface area contributed by atoms with Crippen LogP contribution in [0.25, 0.3) is 0 Å². The van der Waals surface area contributed by atoms with Crippen LogP contribution in [-0.4, -0.2) is 16.9 Å². The number of rotatable bonds is 1. The first-order valence-corrected chi connectivity index (χ1v) is 3.70. The molecule has 13 heavy (non-hydrogen) atoms. The van der Waals surface area contributed by atoms with Crippen molar-refractivity contribution in [1.82, 2.24) is 0 Å². The zero-order valence-corrected chi connectivity index (χ0v) is 6.83. The van der Waals surface area contributed by atoms with Crippen molar-refractivity contribution < 1.29 is 19.4 Å². The van der Waals surface area contributed by atoms with E-state index < -0.39 is 5.97 Å². The van der Waals surface area contributed by atoms with Gasteiger partial charge in [-0.15, -0.1) is 0 Å². The smallest absolute Gasteiger partial charge is 0.348 e. The highest BCUT2D eigenvalue weighted by molar-refractivity contribution is 6.10. The summed E-state index contributed by atoms with van der Waals surface area (Å²) in [5, 5.41) is 9.37. The van der Waals surface area contributed by atoms with Crippen molar-refractivity contribution >= 4 is 11.8 Å². The molecule has 0 radical (unpaired) electrons. The number of hydrogen-bond donors (Lipinski definition) is 1. The average molecular weight is 178 g/mol. The van der Waals surface area contributed by atoms with Gasteiger partial charge in [-0.3, -0.25) is 4.79 Å². The van der Waals surface area contributed by atoms with Gasteiger partial charge in [0, 0.05) is 5.56 Å². The predicted molar refractivity (Wildman–Crippen MR) is 43.1 cm³/mol. The van der Waals surface area contributed by atoms with Crippen LogP contribution < -0.4 is 4.74 Å². The molecule has 2 bridgehead atoms. The van der Waals surface area contributed by atoms with Crippen molar-refractivity contribution in [2.45, 2.75) is 6.92 Å². The summed E-state index contributed by atoms with van der Waals surface area (Å²) >= 11 is 0. The molecule has 0 fully saturated rings. The van der Waals surface area contributed by atoms with Crippen LogP contribution in [0.4, 0.5) is 0 Å². The van der Waals surface area contributed by atoms with Crippen molar-refractivity contribution in [3.63, 3.8) is 0 Å². The molecule has 0 saturated heterocycles. The number of phenols is 1. The Kier molecular flexibility index (Phi) is 1.39. The third-order valence-corrected chi connectivity index (χ3v) is 1.93. The van der Waals surface area contributed by atoms with Crippen LogP contribution in [0.3, 0.4) is 0 Å². The van der Waals surface area contributed by atoms with Gasteiger partial charge < -0.3 is 9.84 Å². The fourth-order valence-electron chi connectivity index (χ4n) is 1.31. The third kappa shape index (κ3) is 0.917. The number of carbonyl (C=O) groups is 2. The van der Waals surface area contributed by atoms with Crippen molar-refractivity contribution in [2.24, 2.45) is 0 Å². The SMILES string of the molecule is CC(=O)c1ccc2c(O)c1C(=O)O2. The second kappa shape index (κ2) is 2.32. The maximum atomic E-state index is 11.1. The Hall–Kier alpha value is -1.84. The van der Waals surface area contributed by atoms with Crippen LogP contribution in [0.15, 0.2) is 12.1 Å². The maximum Gasteiger partial charge on any atom is 0.348 e. The molecular weight excluding hydrogens is 172 g/mol. The van der Waals surface area contributed by atoms with E-state index in [-0.39, 0.29) is 28.4 Å². The van der Waals surface area contributed by atoms with Crippen LogP contribution >= 0.6 is 0 Å². The van der Waals surface area contributed by atoms with E-state index in [1.165, 1.54) is 19.1 Å². The zero-order chi connectivity index (χ0) is 9.59. The number of fused-ring (bicyclic) bond motifs is 2. The van der Waals surface area contributed by atoms with E-state index in [9.17, 15) is 14.7 Å². The molecule has 0 aromatic heterocycles. The summed E-state index contributed by atoms with van der Waals surface area (Å²) in [5.41, 5.74) is 0.175. The summed E-state index contributed by atoms with van der Waals surface area (Å²) in [7, 11) is 0. The van der Waals surface area contributed by atoms with Gasteiger partial charge in [-0.2, -0.15) is 0 Å². The number of phenolic OH excluding ortho intramolecular Hbond substituents is 1. The topological polar surface area (TPSA) is 63.6 Å². The van der Waals surface area contributed by atoms with Gasteiger partial charge >= 0.3 is 5.97 Å². The average Bonchev–Trinajstić information content (AvgIpc) is 2.28. The molecule has 0 aliphatic carbocycles. The van der Waals surface area contributed by atoms with Crippen molar-refractivity contribution in [2.75, 3.05) is 0 Å². The Morgan fingerprint density at radius 1 is 1.46 bits per heavy atom. The molecule has 1 aromatic rings. The Bertz CT molecular complexity index is 420. The lowest BCUT2D eigenvalue weighted by atomic mass is 10.0. The molecule has 1 N–H and O–H groups in total. The van der Waals surface area contributed by atoms with Crippen molar-refractivity contribution in [1.29, 1.82) is 0 Å². The highest BCUT2D eigenvalue weighted by Crippen LogP contribution is 2.38. The lowest BCUT2D eigenvalue weighted by molar-refractivity contribution is 0.0751. The van der Waals surface area contributed by atoms with Gasteiger partial charge in [0.1, 0.15) is 5.56 Å². The number of ketones is 1. The summed E-state index contributed by atoms with van der Waals surface area (Å²) < 4.78 is 4.67. The molecule has 1 aromatic carbocycles. The molecule has 0 saturated carbocycles. The third-order valence-electron chi connectivity index (χ3n) is 1.93. The van der Waals surface area contributed by atoms with E-state index in [1.54, 1.807) is 0 Å². The number of esters is 1. The van der Waals surface area contributed by atoms with E-state index in [4.69, 9.17) is 0 Å². The quantitative estimate of drug-likeness (QED) is 0.517. The second-order valence-corrected chi connectivity index (χ2v) is 2.78. The maximum absolute atomic E-state index is 11.1. The first-order valence-electron chi connectivity index (χ1n) is 3.70. The van der Waals surface area contributed by atoms with Crippen molar-refractivity contribution in [3.8, 4) is 11.5 Å². The zero-order valence-electron chi connectivity index (χ0n) is 6.83. The number of aromatic hydroxyl groups is 1. The summed E-state index contributed by atoms with van der Waals surface area (Å²) in [4.78, 5) is 22.1. The van der Waals surface area contributed by atoms with Crippen LogP contribution in [-0.2, 0) is 0 Å². The number of ether oxygens (including phenoxy) is 1. The number of carbonyl (C=O) groups excluding carboxylic acids is 2. The monoisotopic (exact) mass is 178 g/mol. The molecule has 0 spiro atoms. The Balaban J connectivity index is 2.74. The number of hydrogen-bond acceptors (Lipinski definition) is 4. The van der Waals surface area contributed by atoms with E-state index >= 15 is 0 Å². The van der Waals surface area contributed by atoms with Crippen LogP contribution in [0.5, 0.6) is 11.5 Å². The Morgan fingerprint density at radius 3 is 2.77 bits per heavy atom. The lowest BCUT2D eigenvalue weighted by Crippen LogP contribution is -2.05. The first-order chi connectivity index (χ1) is 6.11. The normalized spacial score (nSPS) is 12.8. The highest BCUT2D eigenvalue weighted by atomic mass is 16.5. The molecule has 0 atom stereocenters. The summed E-state index contributed by atoms with van der Waals surface area (Å²) in [6.07, 6.45) is 0. The van der Waals surface area contributed by atoms with Gasteiger partial charge in [0.2, 0.25) is 0 Å². The molecular formula is C9H6O4. The molecule has 1 aliphatic rings. The van der Waals surface area contributed by atoms with Gasteiger partial charge in [0.25, 0.3) is 0 Å². The van der Waals surface area contributed by atoms with Gasteiger partial charge in [-0.1, -0.05) is 0 Å². The highest BCUT2D eigenvalue weighted by Gasteiger charge is 2.30. The fraction of sp³-hybridized carbons (Fsp3) is 0.111. The number of Topliss-reactive ketones (excluding diaryl/α,β-unsaturated/α-hetero) is 1. The molecule has 2 rings (SSSR count). The molecule has 0 unspecified atom stereocenters. The summed E-state index contributed by atoms with van der Waals surface area (Å²) in [6.45, 7) is 1.33. The van der Waals surface area contributed by atoms with Crippen LogP contribution in [0.2, 0.25) is 0 Å². The largest absolute Gasteiger partial charge is 0.504 e. The van der Waals surface area contributed by atoms with E-state index in [1.807, 2.05) is 0 Å². The number of benzene rings is 1. The molecule has 4 heteroatoms. The van der Waals surface area contributed by atoms with E-state index in [2.05, 4.69) is 4.74 Å². The predicted octanol–water partition coefficient (Wildman–Crippen LogP) is 1.13. The molecule has 0 amide bonds. The van der Waals surface area contributed by atoms with E-state index in [0.29, 0.717) is 0 Å². The minimum absolute atomic E-state index is 0.0231. The van der Waals surface area contributed by atoms with Crippen LogP contribution in [0, 0.1) is 0 Å². The van der Waals surface area contributed by atoms with Gasteiger partial charge in [0.05, 0.1) is 0 Å². The van der Waals surface area contributed by atoms with Gasteiger partial charge in [-0.05, 0) is 19.1 Å². The molecule has 1 aliphatic heterocycles. The first kappa shape index (κ1) is 7.79. The molecule has 1 heterocycles. The van der Waals surface area contributed by atoms with Crippen LogP contribution in [0.1, 0.15) is 27.6 Å². The Labute approximate surface area is 73.8 Å². The van der Waals surface area contributed by atoms with Gasteiger partial charge in [-0.25, -0.2) is 4.79 Å². The fourth-order valence-corrected chi connectivity index (χ4v) is 1.31. The molecule has 66 valence electrons.